The van der Waals surface area contributed by atoms with Gasteiger partial charge in [-0.1, -0.05) is 30.3 Å². The first-order valence-corrected chi connectivity index (χ1v) is 9.05. The summed E-state index contributed by atoms with van der Waals surface area (Å²) in [6, 6.07) is 15.7. The first-order valence-electron chi connectivity index (χ1n) is 9.05. The van der Waals surface area contributed by atoms with Crippen LogP contribution in [0.25, 0.3) is 16.8 Å². The number of nitrogens with zero attached hydrogens (tertiary/aromatic N) is 4. The first-order chi connectivity index (χ1) is 13.7. The number of ether oxygens (including phenoxy) is 1. The highest BCUT2D eigenvalue weighted by Gasteiger charge is 2.14. The number of benzene rings is 2. The van der Waals surface area contributed by atoms with Crippen molar-refractivity contribution in [3.63, 3.8) is 0 Å². The molecule has 4 rings (SSSR count). The minimum Gasteiger partial charge on any atom is -0.496 e. The second kappa shape index (κ2) is 7.56. The van der Waals surface area contributed by atoms with Crippen molar-refractivity contribution in [3.05, 3.63) is 82.8 Å². The van der Waals surface area contributed by atoms with Crippen LogP contribution in [0.4, 0.5) is 0 Å². The van der Waals surface area contributed by atoms with Crippen molar-refractivity contribution in [1.29, 1.82) is 0 Å². The van der Waals surface area contributed by atoms with E-state index < -0.39 is 0 Å². The predicted molar refractivity (Wildman–Crippen MR) is 107 cm³/mol. The maximum absolute atomic E-state index is 12.9. The molecule has 0 aliphatic heterocycles. The fourth-order valence-electron chi connectivity index (χ4n) is 3.25. The highest BCUT2D eigenvalue weighted by atomic mass is 16.5. The summed E-state index contributed by atoms with van der Waals surface area (Å²) in [6.07, 6.45) is 4.30. The number of hydrogen-bond acceptors (Lipinski definition) is 4. The summed E-state index contributed by atoms with van der Waals surface area (Å²) in [7, 11) is 1.61. The Balaban J connectivity index is 1.65. The van der Waals surface area contributed by atoms with Gasteiger partial charge in [0.15, 0.2) is 0 Å². The van der Waals surface area contributed by atoms with Crippen molar-refractivity contribution >= 4 is 0 Å². The van der Waals surface area contributed by atoms with Crippen molar-refractivity contribution in [2.45, 2.75) is 19.9 Å². The standard InChI is InChI=1S/C21H21N5O2/c1-15-24-26(21(27)25(15)11-10-16-6-4-3-5-7-16)18-8-9-19(20(12-18)28-2)17-13-22-23-14-17/h3-9,12-14H,10-11H2,1-2H3,(H,22,23). The Labute approximate surface area is 162 Å². The van der Waals surface area contributed by atoms with Gasteiger partial charge in [-0.25, -0.2) is 4.79 Å². The molecule has 142 valence electrons. The molecule has 0 radical (unpaired) electrons. The van der Waals surface area contributed by atoms with E-state index >= 15 is 0 Å². The molecule has 0 aliphatic carbocycles. The van der Waals surface area contributed by atoms with E-state index in [-0.39, 0.29) is 5.69 Å². The molecule has 7 heteroatoms. The van der Waals surface area contributed by atoms with E-state index in [4.69, 9.17) is 4.74 Å². The molecule has 0 saturated carbocycles. The zero-order valence-electron chi connectivity index (χ0n) is 15.8. The third-order valence-electron chi connectivity index (χ3n) is 4.75. The highest BCUT2D eigenvalue weighted by Crippen LogP contribution is 2.30. The smallest absolute Gasteiger partial charge is 0.350 e. The summed E-state index contributed by atoms with van der Waals surface area (Å²) < 4.78 is 8.64. The largest absolute Gasteiger partial charge is 0.496 e. The van der Waals surface area contributed by atoms with Crippen molar-refractivity contribution < 1.29 is 4.74 Å². The van der Waals surface area contributed by atoms with Crippen molar-refractivity contribution in [2.75, 3.05) is 7.11 Å². The Morgan fingerprint density at radius 3 is 2.68 bits per heavy atom. The second-order valence-electron chi connectivity index (χ2n) is 6.50. The molecule has 7 nitrogen and oxygen atoms in total. The van der Waals surface area contributed by atoms with Gasteiger partial charge in [0.25, 0.3) is 0 Å². The SMILES string of the molecule is COc1cc(-n2nc(C)n(CCc3ccccc3)c2=O)ccc1-c1cn[nH]c1. The van der Waals surface area contributed by atoms with Crippen LogP contribution in [0.15, 0.2) is 65.7 Å². The van der Waals surface area contributed by atoms with Crippen LogP contribution in [-0.2, 0) is 13.0 Å². The van der Waals surface area contributed by atoms with Crippen LogP contribution in [0, 0.1) is 6.92 Å². The average molecular weight is 375 g/mol. The molecule has 0 saturated heterocycles. The quantitative estimate of drug-likeness (QED) is 0.562. The zero-order valence-corrected chi connectivity index (χ0v) is 15.8. The minimum atomic E-state index is -0.161. The van der Waals surface area contributed by atoms with Crippen LogP contribution >= 0.6 is 0 Å². The molecule has 28 heavy (non-hydrogen) atoms. The van der Waals surface area contributed by atoms with E-state index in [1.807, 2.05) is 43.3 Å². The third-order valence-corrected chi connectivity index (χ3v) is 4.75. The third kappa shape index (κ3) is 3.34. The predicted octanol–water partition coefficient (Wildman–Crippen LogP) is 2.98. The van der Waals surface area contributed by atoms with E-state index in [1.54, 1.807) is 24.1 Å². The Hall–Kier alpha value is -3.61. The topological polar surface area (TPSA) is 77.7 Å². The summed E-state index contributed by atoms with van der Waals surface area (Å²) in [5, 5.41) is 11.2. The van der Waals surface area contributed by atoms with Gasteiger partial charge in [0.2, 0.25) is 0 Å². The molecular weight excluding hydrogens is 354 g/mol. The van der Waals surface area contributed by atoms with Gasteiger partial charge in [-0.2, -0.15) is 14.9 Å². The maximum Gasteiger partial charge on any atom is 0.350 e. The number of aryl methyl sites for hydroxylation is 2. The number of H-pyrrole nitrogens is 1. The monoisotopic (exact) mass is 375 g/mol. The normalized spacial score (nSPS) is 10.9. The summed E-state index contributed by atoms with van der Waals surface area (Å²) >= 11 is 0. The zero-order chi connectivity index (χ0) is 19.5. The van der Waals surface area contributed by atoms with Gasteiger partial charge in [0.05, 0.1) is 19.0 Å². The molecule has 0 fully saturated rings. The lowest BCUT2D eigenvalue weighted by Gasteiger charge is -2.09. The molecule has 0 amide bonds. The molecule has 4 aromatic rings. The van der Waals surface area contributed by atoms with E-state index in [2.05, 4.69) is 27.4 Å². The Morgan fingerprint density at radius 1 is 1.14 bits per heavy atom. The molecule has 0 spiro atoms. The van der Waals surface area contributed by atoms with Gasteiger partial charge in [0.1, 0.15) is 11.6 Å². The van der Waals surface area contributed by atoms with Crippen molar-refractivity contribution in [1.82, 2.24) is 24.5 Å². The summed E-state index contributed by atoms with van der Waals surface area (Å²) in [5.74, 6) is 1.33. The lowest BCUT2D eigenvalue weighted by molar-refractivity contribution is 0.416. The van der Waals surface area contributed by atoms with Crippen LogP contribution in [0.1, 0.15) is 11.4 Å². The van der Waals surface area contributed by atoms with Crippen LogP contribution < -0.4 is 10.4 Å². The van der Waals surface area contributed by atoms with Gasteiger partial charge < -0.3 is 4.74 Å². The number of aromatic nitrogens is 5. The van der Waals surface area contributed by atoms with E-state index in [9.17, 15) is 4.79 Å². The molecule has 1 N–H and O–H groups in total. The molecule has 0 bridgehead atoms. The van der Waals surface area contributed by atoms with E-state index in [0.29, 0.717) is 23.8 Å². The number of aromatic amines is 1. The first kappa shape index (κ1) is 17.8. The summed E-state index contributed by atoms with van der Waals surface area (Å²) in [4.78, 5) is 12.9. The Morgan fingerprint density at radius 2 is 1.96 bits per heavy atom. The van der Waals surface area contributed by atoms with Crippen LogP contribution in [0.3, 0.4) is 0 Å². The lowest BCUT2D eigenvalue weighted by Crippen LogP contribution is -2.25. The molecular formula is C21H21N5O2. The van der Waals surface area contributed by atoms with Gasteiger partial charge in [0, 0.05) is 29.9 Å². The van der Waals surface area contributed by atoms with E-state index in [0.717, 1.165) is 17.5 Å². The number of rotatable bonds is 6. The molecule has 2 heterocycles. The van der Waals surface area contributed by atoms with Gasteiger partial charge in [-0.15, -0.1) is 0 Å². The fraction of sp³-hybridized carbons (Fsp3) is 0.190. The average Bonchev–Trinajstić information content (AvgIpc) is 3.35. The second-order valence-corrected chi connectivity index (χ2v) is 6.50. The fourth-order valence-corrected chi connectivity index (χ4v) is 3.25. The van der Waals surface area contributed by atoms with Crippen molar-refractivity contribution in [2.24, 2.45) is 0 Å². The Bertz CT molecular complexity index is 1130. The number of methoxy groups -OCH3 is 1. The lowest BCUT2D eigenvalue weighted by atomic mass is 10.1. The molecule has 0 aliphatic rings. The molecule has 0 unspecified atom stereocenters. The molecule has 0 atom stereocenters. The maximum atomic E-state index is 12.9. The molecule has 2 aromatic heterocycles. The number of hydrogen-bond donors (Lipinski definition) is 1. The van der Waals surface area contributed by atoms with Crippen molar-refractivity contribution in [3.8, 4) is 22.6 Å². The van der Waals surface area contributed by atoms with Crippen LogP contribution in [-0.4, -0.2) is 31.7 Å². The van der Waals surface area contributed by atoms with Gasteiger partial charge in [-0.3, -0.25) is 9.67 Å². The summed E-state index contributed by atoms with van der Waals surface area (Å²) in [5.41, 5.74) is 3.50. The van der Waals surface area contributed by atoms with Gasteiger partial charge in [-0.05, 0) is 31.0 Å². The summed E-state index contributed by atoms with van der Waals surface area (Å²) in [6.45, 7) is 2.43. The highest BCUT2D eigenvalue weighted by molar-refractivity contribution is 5.70. The number of nitrogens with one attached hydrogen (secondary N) is 1. The van der Waals surface area contributed by atoms with Crippen LogP contribution in [0.5, 0.6) is 5.75 Å². The van der Waals surface area contributed by atoms with Crippen LogP contribution in [0.2, 0.25) is 0 Å². The minimum absolute atomic E-state index is 0.161. The Kier molecular flexibility index (Phi) is 4.80. The molecule has 2 aromatic carbocycles. The van der Waals surface area contributed by atoms with Gasteiger partial charge >= 0.3 is 5.69 Å². The van der Waals surface area contributed by atoms with E-state index in [1.165, 1.54) is 10.2 Å².